The molecular weight excluding hydrogens is 278 g/mol. The number of rotatable bonds is 5. The zero-order chi connectivity index (χ0) is 15.4. The Hall–Kier alpha value is -2.34. The first-order valence-corrected chi connectivity index (χ1v) is 6.39. The molecule has 0 amide bonds. The minimum absolute atomic E-state index is 0.00844. The van der Waals surface area contributed by atoms with Crippen LogP contribution in [0.5, 0.6) is 0 Å². The number of hydrogen-bond acceptors (Lipinski definition) is 3. The van der Waals surface area contributed by atoms with E-state index in [1.165, 1.54) is 24.3 Å². The molecule has 0 radical (unpaired) electrons. The summed E-state index contributed by atoms with van der Waals surface area (Å²) in [5, 5.41) is 13.8. The lowest BCUT2D eigenvalue weighted by Crippen LogP contribution is -2.19. The van der Waals surface area contributed by atoms with Crippen LogP contribution in [0, 0.1) is 21.7 Å². The minimum Gasteiger partial charge on any atom is -0.306 e. The van der Waals surface area contributed by atoms with E-state index in [1.54, 1.807) is 12.1 Å². The highest BCUT2D eigenvalue weighted by Crippen LogP contribution is 2.19. The molecule has 4 nitrogen and oxygen atoms in total. The Kier molecular flexibility index (Phi) is 4.59. The molecule has 0 saturated carbocycles. The standard InChI is InChI=1S/C15H14F2N2O2/c1-10(11-3-2-4-14(7-11)19(20)21)18-9-12-5-6-13(16)8-15(12)17/h2-8,10,18H,9H2,1H3. The maximum absolute atomic E-state index is 13.5. The third-order valence-corrected chi connectivity index (χ3v) is 3.19. The van der Waals surface area contributed by atoms with Gasteiger partial charge in [-0.1, -0.05) is 18.2 Å². The van der Waals surface area contributed by atoms with Crippen LogP contribution in [-0.2, 0) is 6.54 Å². The predicted octanol–water partition coefficient (Wildman–Crippen LogP) is 3.72. The lowest BCUT2D eigenvalue weighted by Gasteiger charge is -2.14. The van der Waals surface area contributed by atoms with Gasteiger partial charge in [0.25, 0.3) is 5.69 Å². The molecule has 110 valence electrons. The molecule has 0 bridgehead atoms. The molecule has 0 aliphatic carbocycles. The summed E-state index contributed by atoms with van der Waals surface area (Å²) in [5.41, 5.74) is 1.08. The molecule has 0 saturated heterocycles. The number of nitro groups is 1. The van der Waals surface area contributed by atoms with Gasteiger partial charge in [0.05, 0.1) is 4.92 Å². The Morgan fingerprint density at radius 3 is 2.67 bits per heavy atom. The molecule has 0 spiro atoms. The van der Waals surface area contributed by atoms with Crippen molar-refractivity contribution in [2.75, 3.05) is 0 Å². The molecule has 2 rings (SSSR count). The summed E-state index contributed by atoms with van der Waals surface area (Å²) < 4.78 is 26.3. The largest absolute Gasteiger partial charge is 0.306 e. The third-order valence-electron chi connectivity index (χ3n) is 3.19. The third kappa shape index (κ3) is 3.82. The number of benzene rings is 2. The molecule has 2 aromatic rings. The maximum Gasteiger partial charge on any atom is 0.269 e. The van der Waals surface area contributed by atoms with Gasteiger partial charge in [0.15, 0.2) is 0 Å². The van der Waals surface area contributed by atoms with Crippen LogP contribution in [-0.4, -0.2) is 4.92 Å². The minimum atomic E-state index is -0.622. The average Bonchev–Trinajstić information content (AvgIpc) is 2.46. The smallest absolute Gasteiger partial charge is 0.269 e. The Labute approximate surface area is 120 Å². The number of non-ortho nitro benzene ring substituents is 1. The quantitative estimate of drug-likeness (QED) is 0.675. The van der Waals surface area contributed by atoms with E-state index in [0.717, 1.165) is 11.6 Å². The molecule has 2 aromatic carbocycles. The highest BCUT2D eigenvalue weighted by molar-refractivity contribution is 5.35. The first-order valence-electron chi connectivity index (χ1n) is 6.39. The Balaban J connectivity index is 2.06. The number of halogens is 2. The first-order chi connectivity index (χ1) is 9.97. The van der Waals surface area contributed by atoms with Crippen LogP contribution in [0.15, 0.2) is 42.5 Å². The summed E-state index contributed by atoms with van der Waals surface area (Å²) in [6.07, 6.45) is 0. The summed E-state index contributed by atoms with van der Waals surface area (Å²) >= 11 is 0. The van der Waals surface area contributed by atoms with Crippen LogP contribution in [0.4, 0.5) is 14.5 Å². The van der Waals surface area contributed by atoms with Gasteiger partial charge in [0.1, 0.15) is 11.6 Å². The topological polar surface area (TPSA) is 55.2 Å². The van der Waals surface area contributed by atoms with Crippen LogP contribution >= 0.6 is 0 Å². The van der Waals surface area contributed by atoms with E-state index in [-0.39, 0.29) is 18.3 Å². The molecule has 0 fully saturated rings. The normalized spacial score (nSPS) is 12.1. The van der Waals surface area contributed by atoms with Gasteiger partial charge in [-0.3, -0.25) is 10.1 Å². The molecule has 1 unspecified atom stereocenters. The van der Waals surface area contributed by atoms with Crippen molar-refractivity contribution in [2.45, 2.75) is 19.5 Å². The predicted molar refractivity (Wildman–Crippen MR) is 74.7 cm³/mol. The van der Waals surface area contributed by atoms with Crippen molar-refractivity contribution >= 4 is 5.69 Å². The Morgan fingerprint density at radius 1 is 1.24 bits per heavy atom. The van der Waals surface area contributed by atoms with Crippen LogP contribution in [0.3, 0.4) is 0 Å². The lowest BCUT2D eigenvalue weighted by atomic mass is 10.1. The van der Waals surface area contributed by atoms with Crippen molar-refractivity contribution in [3.05, 3.63) is 75.3 Å². The number of nitrogens with one attached hydrogen (secondary N) is 1. The fraction of sp³-hybridized carbons (Fsp3) is 0.200. The van der Waals surface area contributed by atoms with Crippen molar-refractivity contribution in [1.82, 2.24) is 5.32 Å². The number of nitrogens with zero attached hydrogens (tertiary/aromatic N) is 1. The van der Waals surface area contributed by atoms with Gasteiger partial charge in [-0.15, -0.1) is 0 Å². The second kappa shape index (κ2) is 6.41. The molecule has 0 heterocycles. The van der Waals surface area contributed by atoms with Gasteiger partial charge in [0, 0.05) is 36.3 Å². The summed E-state index contributed by atoms with van der Waals surface area (Å²) in [6, 6.07) is 9.43. The molecule has 6 heteroatoms. The van der Waals surface area contributed by atoms with E-state index >= 15 is 0 Å². The fourth-order valence-corrected chi connectivity index (χ4v) is 1.95. The van der Waals surface area contributed by atoms with Crippen LogP contribution < -0.4 is 5.32 Å². The molecule has 21 heavy (non-hydrogen) atoms. The second-order valence-electron chi connectivity index (χ2n) is 4.69. The summed E-state index contributed by atoms with van der Waals surface area (Å²) in [6.45, 7) is 2.02. The molecule has 0 aliphatic heterocycles. The van der Waals surface area contributed by atoms with Gasteiger partial charge in [-0.05, 0) is 18.6 Å². The van der Waals surface area contributed by atoms with E-state index in [4.69, 9.17) is 0 Å². The van der Waals surface area contributed by atoms with E-state index < -0.39 is 16.6 Å². The molecular formula is C15H14F2N2O2. The maximum atomic E-state index is 13.5. The Morgan fingerprint density at radius 2 is 2.00 bits per heavy atom. The van der Waals surface area contributed by atoms with E-state index in [0.29, 0.717) is 5.56 Å². The molecule has 1 atom stereocenters. The summed E-state index contributed by atoms with van der Waals surface area (Å²) in [5.74, 6) is -1.24. The van der Waals surface area contributed by atoms with Crippen molar-refractivity contribution in [1.29, 1.82) is 0 Å². The van der Waals surface area contributed by atoms with Crippen LogP contribution in [0.2, 0.25) is 0 Å². The molecule has 0 aliphatic rings. The molecule has 1 N–H and O–H groups in total. The van der Waals surface area contributed by atoms with E-state index in [9.17, 15) is 18.9 Å². The first kappa shape index (κ1) is 15.1. The van der Waals surface area contributed by atoms with Crippen LogP contribution in [0.1, 0.15) is 24.1 Å². The average molecular weight is 292 g/mol. The second-order valence-corrected chi connectivity index (χ2v) is 4.69. The zero-order valence-corrected chi connectivity index (χ0v) is 11.3. The van der Waals surface area contributed by atoms with E-state index in [2.05, 4.69) is 5.32 Å². The molecule has 0 aromatic heterocycles. The summed E-state index contributed by atoms with van der Waals surface area (Å²) in [4.78, 5) is 10.3. The summed E-state index contributed by atoms with van der Waals surface area (Å²) in [7, 11) is 0. The fourth-order valence-electron chi connectivity index (χ4n) is 1.95. The zero-order valence-electron chi connectivity index (χ0n) is 11.3. The van der Waals surface area contributed by atoms with Crippen molar-refractivity contribution < 1.29 is 13.7 Å². The van der Waals surface area contributed by atoms with Gasteiger partial charge >= 0.3 is 0 Å². The lowest BCUT2D eigenvalue weighted by molar-refractivity contribution is -0.384. The number of hydrogen-bond donors (Lipinski definition) is 1. The van der Waals surface area contributed by atoms with Crippen LogP contribution in [0.25, 0.3) is 0 Å². The Bertz CT molecular complexity index is 662. The van der Waals surface area contributed by atoms with E-state index in [1.807, 2.05) is 6.92 Å². The van der Waals surface area contributed by atoms with Gasteiger partial charge in [-0.25, -0.2) is 8.78 Å². The van der Waals surface area contributed by atoms with Crippen molar-refractivity contribution in [2.24, 2.45) is 0 Å². The van der Waals surface area contributed by atoms with Gasteiger partial charge in [-0.2, -0.15) is 0 Å². The van der Waals surface area contributed by atoms with Crippen molar-refractivity contribution in [3.63, 3.8) is 0 Å². The number of nitro benzene ring substituents is 1. The highest BCUT2D eigenvalue weighted by Gasteiger charge is 2.11. The van der Waals surface area contributed by atoms with Gasteiger partial charge < -0.3 is 5.32 Å². The highest BCUT2D eigenvalue weighted by atomic mass is 19.1. The SMILES string of the molecule is CC(NCc1ccc(F)cc1F)c1cccc([N+](=O)[O-])c1. The van der Waals surface area contributed by atoms with Crippen molar-refractivity contribution in [3.8, 4) is 0 Å². The van der Waals surface area contributed by atoms with Gasteiger partial charge in [0.2, 0.25) is 0 Å². The monoisotopic (exact) mass is 292 g/mol.